The van der Waals surface area contributed by atoms with Crippen molar-refractivity contribution < 1.29 is 0 Å². The maximum absolute atomic E-state index is 5.70. The van der Waals surface area contributed by atoms with Crippen LogP contribution in [0.15, 0.2) is 29.6 Å². The van der Waals surface area contributed by atoms with Crippen molar-refractivity contribution in [3.05, 3.63) is 29.6 Å². The van der Waals surface area contributed by atoms with Gasteiger partial charge in [-0.3, -0.25) is 0 Å². The smallest absolute Gasteiger partial charge is 0.0552 e. The van der Waals surface area contributed by atoms with Crippen molar-refractivity contribution >= 4 is 38.7 Å². The molecule has 0 saturated heterocycles. The van der Waals surface area contributed by atoms with Crippen molar-refractivity contribution in [2.24, 2.45) is 0 Å². The fraction of sp³-hybridized carbons (Fsp3) is 0.333. The summed E-state index contributed by atoms with van der Waals surface area (Å²) < 4.78 is 1.35. The molecule has 0 saturated carbocycles. The Hall–Kier alpha value is -0.730. The van der Waals surface area contributed by atoms with Gasteiger partial charge in [0.1, 0.15) is 0 Å². The van der Waals surface area contributed by atoms with E-state index in [-0.39, 0.29) is 0 Å². The molecule has 1 nitrogen and oxygen atoms in total. The Kier molecular flexibility index (Phi) is 3.49. The average Bonchev–Trinajstić information content (AvgIpc) is 2.69. The molecule has 0 amide bonds. The first-order valence-electron chi connectivity index (χ1n) is 5.06. The molecule has 1 aromatic carbocycles. The van der Waals surface area contributed by atoms with Gasteiger partial charge in [-0.05, 0) is 12.5 Å². The lowest BCUT2D eigenvalue weighted by Gasteiger charge is -2.17. The number of benzene rings is 1. The van der Waals surface area contributed by atoms with Crippen LogP contribution in [-0.4, -0.2) is 19.5 Å². The normalized spacial score (nSPS) is 10.8. The van der Waals surface area contributed by atoms with E-state index in [4.69, 9.17) is 11.6 Å². The summed E-state index contributed by atoms with van der Waals surface area (Å²) >= 11 is 7.50. The van der Waals surface area contributed by atoms with E-state index in [0.29, 0.717) is 0 Å². The van der Waals surface area contributed by atoms with Crippen LogP contribution >= 0.6 is 22.9 Å². The predicted molar refractivity (Wildman–Crippen MR) is 70.4 cm³/mol. The Morgan fingerprint density at radius 3 is 2.93 bits per heavy atom. The molecule has 0 aliphatic heterocycles. The molecular weight excluding hydrogens is 226 g/mol. The SMILES string of the molecule is CN(CCCCl)c1csc2ccccc12. The van der Waals surface area contributed by atoms with Crippen LogP contribution in [0.1, 0.15) is 6.42 Å². The first kappa shape index (κ1) is 10.8. The number of alkyl halides is 1. The summed E-state index contributed by atoms with van der Waals surface area (Å²) in [4.78, 5) is 2.28. The Labute approximate surface area is 99.3 Å². The van der Waals surface area contributed by atoms with Crippen LogP contribution in [-0.2, 0) is 0 Å². The highest BCUT2D eigenvalue weighted by Gasteiger charge is 2.06. The van der Waals surface area contributed by atoms with Gasteiger partial charge in [0.2, 0.25) is 0 Å². The van der Waals surface area contributed by atoms with Gasteiger partial charge in [0.25, 0.3) is 0 Å². The molecule has 0 aliphatic rings. The summed E-state index contributed by atoms with van der Waals surface area (Å²) in [7, 11) is 2.13. The van der Waals surface area contributed by atoms with Gasteiger partial charge in [-0.25, -0.2) is 0 Å². The Bertz CT molecular complexity index is 438. The minimum Gasteiger partial charge on any atom is -0.373 e. The number of halogens is 1. The minimum atomic E-state index is 0.729. The zero-order valence-electron chi connectivity index (χ0n) is 8.74. The lowest BCUT2D eigenvalue weighted by molar-refractivity contribution is 0.861. The lowest BCUT2D eigenvalue weighted by atomic mass is 10.2. The third-order valence-electron chi connectivity index (χ3n) is 2.50. The molecule has 0 bridgehead atoms. The molecule has 1 heterocycles. The number of hydrogen-bond donors (Lipinski definition) is 0. The largest absolute Gasteiger partial charge is 0.373 e. The Morgan fingerprint density at radius 2 is 2.13 bits per heavy atom. The van der Waals surface area contributed by atoms with E-state index in [9.17, 15) is 0 Å². The van der Waals surface area contributed by atoms with Crippen LogP contribution in [0.2, 0.25) is 0 Å². The monoisotopic (exact) mass is 239 g/mol. The molecule has 0 aliphatic carbocycles. The van der Waals surface area contributed by atoms with E-state index >= 15 is 0 Å². The molecule has 0 radical (unpaired) electrons. The number of hydrogen-bond acceptors (Lipinski definition) is 2. The second-order valence-corrected chi connectivity index (χ2v) is 4.87. The summed E-state index contributed by atoms with van der Waals surface area (Å²) in [5.41, 5.74) is 1.32. The van der Waals surface area contributed by atoms with E-state index in [1.165, 1.54) is 15.8 Å². The van der Waals surface area contributed by atoms with Crippen molar-refractivity contribution in [2.45, 2.75) is 6.42 Å². The fourth-order valence-electron chi connectivity index (χ4n) is 1.68. The first-order valence-corrected chi connectivity index (χ1v) is 6.47. The van der Waals surface area contributed by atoms with Crippen LogP contribution in [0.3, 0.4) is 0 Å². The van der Waals surface area contributed by atoms with Gasteiger partial charge in [-0.15, -0.1) is 22.9 Å². The molecule has 0 spiro atoms. The van der Waals surface area contributed by atoms with Crippen molar-refractivity contribution in [3.63, 3.8) is 0 Å². The van der Waals surface area contributed by atoms with Gasteiger partial charge < -0.3 is 4.90 Å². The van der Waals surface area contributed by atoms with Crippen LogP contribution in [0.25, 0.3) is 10.1 Å². The van der Waals surface area contributed by atoms with Crippen molar-refractivity contribution in [3.8, 4) is 0 Å². The van der Waals surface area contributed by atoms with Crippen LogP contribution in [0, 0.1) is 0 Å². The zero-order valence-corrected chi connectivity index (χ0v) is 10.3. The van der Waals surface area contributed by atoms with Gasteiger partial charge in [-0.2, -0.15) is 0 Å². The van der Waals surface area contributed by atoms with Gasteiger partial charge in [0.15, 0.2) is 0 Å². The van der Waals surface area contributed by atoms with Crippen molar-refractivity contribution in [1.29, 1.82) is 0 Å². The zero-order chi connectivity index (χ0) is 10.7. The van der Waals surface area contributed by atoms with Gasteiger partial charge in [-0.1, -0.05) is 18.2 Å². The van der Waals surface area contributed by atoms with Crippen molar-refractivity contribution in [2.75, 3.05) is 24.4 Å². The van der Waals surface area contributed by atoms with Crippen LogP contribution < -0.4 is 4.90 Å². The molecule has 0 N–H and O–H groups in total. The first-order chi connectivity index (χ1) is 7.33. The molecule has 0 atom stereocenters. The molecule has 80 valence electrons. The Balaban J connectivity index is 2.27. The summed E-state index contributed by atoms with van der Waals surface area (Å²) in [5.74, 6) is 0.729. The second kappa shape index (κ2) is 4.86. The van der Waals surface area contributed by atoms with E-state index < -0.39 is 0 Å². The number of fused-ring (bicyclic) bond motifs is 1. The predicted octanol–water partition coefficient (Wildman–Crippen LogP) is 3.97. The molecule has 2 aromatic rings. The molecule has 0 unspecified atom stereocenters. The van der Waals surface area contributed by atoms with E-state index in [1.54, 1.807) is 11.3 Å². The van der Waals surface area contributed by atoms with Crippen LogP contribution in [0.4, 0.5) is 5.69 Å². The van der Waals surface area contributed by atoms with Crippen molar-refractivity contribution in [1.82, 2.24) is 0 Å². The second-order valence-electron chi connectivity index (χ2n) is 3.58. The van der Waals surface area contributed by atoms with Gasteiger partial charge in [0, 0.05) is 34.9 Å². The molecule has 3 heteroatoms. The minimum absolute atomic E-state index is 0.729. The van der Waals surface area contributed by atoms with E-state index in [0.717, 1.165) is 18.8 Å². The fourth-order valence-corrected chi connectivity index (χ4v) is 2.80. The third kappa shape index (κ3) is 2.27. The molecule has 0 fully saturated rings. The maximum Gasteiger partial charge on any atom is 0.0552 e. The lowest BCUT2D eigenvalue weighted by Crippen LogP contribution is -2.18. The highest BCUT2D eigenvalue weighted by atomic mass is 35.5. The van der Waals surface area contributed by atoms with E-state index in [1.807, 2.05) is 0 Å². The standard InChI is InChI=1S/C12H14ClNS/c1-14(8-4-7-13)11-9-15-12-6-3-2-5-10(11)12/h2-3,5-6,9H,4,7-8H2,1H3. The molecule has 1 aromatic heterocycles. The maximum atomic E-state index is 5.70. The summed E-state index contributed by atoms with van der Waals surface area (Å²) in [6.07, 6.45) is 1.03. The van der Waals surface area contributed by atoms with Crippen LogP contribution in [0.5, 0.6) is 0 Å². The van der Waals surface area contributed by atoms with Gasteiger partial charge >= 0.3 is 0 Å². The Morgan fingerprint density at radius 1 is 1.33 bits per heavy atom. The summed E-state index contributed by atoms with van der Waals surface area (Å²) in [6.45, 7) is 1.02. The highest BCUT2D eigenvalue weighted by Crippen LogP contribution is 2.32. The topological polar surface area (TPSA) is 3.24 Å². The molecular formula is C12H14ClNS. The quantitative estimate of drug-likeness (QED) is 0.730. The third-order valence-corrected chi connectivity index (χ3v) is 3.72. The summed E-state index contributed by atoms with van der Waals surface area (Å²) in [6, 6.07) is 8.52. The molecule has 15 heavy (non-hydrogen) atoms. The van der Waals surface area contributed by atoms with Gasteiger partial charge in [0.05, 0.1) is 5.69 Å². The molecule has 2 rings (SSSR count). The number of nitrogens with zero attached hydrogens (tertiary/aromatic N) is 1. The number of thiophene rings is 1. The number of rotatable bonds is 4. The average molecular weight is 240 g/mol. The number of anilines is 1. The highest BCUT2D eigenvalue weighted by molar-refractivity contribution is 7.17. The summed E-state index contributed by atoms with van der Waals surface area (Å²) in [5, 5.41) is 3.57. The van der Waals surface area contributed by atoms with E-state index in [2.05, 4.69) is 41.6 Å².